The summed E-state index contributed by atoms with van der Waals surface area (Å²) in [7, 11) is 0. The van der Waals surface area contributed by atoms with Gasteiger partial charge in [-0.05, 0) is 37.1 Å². The van der Waals surface area contributed by atoms with E-state index in [4.69, 9.17) is 5.73 Å². The second-order valence-electron chi connectivity index (χ2n) is 6.95. The molecule has 0 aliphatic carbocycles. The third kappa shape index (κ3) is 3.43. The number of hydrogen-bond donors (Lipinski definition) is 3. The number of nitrogens with one attached hydrogen (secondary N) is 1. The molecule has 1 aliphatic heterocycles. The predicted molar refractivity (Wildman–Crippen MR) is 101 cm³/mol. The van der Waals surface area contributed by atoms with Crippen molar-refractivity contribution in [2.24, 2.45) is 5.73 Å². The average molecular weight is 368 g/mol. The second kappa shape index (κ2) is 7.09. The average Bonchev–Trinajstić information content (AvgIpc) is 3.27. The van der Waals surface area contributed by atoms with E-state index in [1.54, 1.807) is 0 Å². The quantitative estimate of drug-likeness (QED) is 0.644. The molecule has 0 saturated carbocycles. The van der Waals surface area contributed by atoms with Crippen molar-refractivity contribution in [3.8, 4) is 11.4 Å². The van der Waals surface area contributed by atoms with E-state index in [1.807, 2.05) is 24.3 Å². The summed E-state index contributed by atoms with van der Waals surface area (Å²) in [5, 5.41) is 9.44. The number of aliphatic hydroxyl groups is 1. The molecule has 2 aromatic carbocycles. The van der Waals surface area contributed by atoms with Crippen LogP contribution in [-0.4, -0.2) is 45.1 Å². The highest BCUT2D eigenvalue weighted by Crippen LogP contribution is 2.25. The van der Waals surface area contributed by atoms with E-state index in [0.717, 1.165) is 43.1 Å². The van der Waals surface area contributed by atoms with Crippen LogP contribution in [0.3, 0.4) is 0 Å². The van der Waals surface area contributed by atoms with Gasteiger partial charge in [0.05, 0.1) is 17.7 Å². The van der Waals surface area contributed by atoms with Crippen LogP contribution in [-0.2, 0) is 6.54 Å². The topological polar surface area (TPSA) is 95.2 Å². The summed E-state index contributed by atoms with van der Waals surface area (Å²) in [6.45, 7) is 1.98. The summed E-state index contributed by atoms with van der Waals surface area (Å²) in [5.74, 6) is -0.693. The van der Waals surface area contributed by atoms with Gasteiger partial charge in [0, 0.05) is 18.2 Å². The van der Waals surface area contributed by atoms with Gasteiger partial charge in [-0.25, -0.2) is 9.37 Å². The van der Waals surface area contributed by atoms with Crippen LogP contribution in [0.4, 0.5) is 4.39 Å². The van der Waals surface area contributed by atoms with Crippen LogP contribution in [0.1, 0.15) is 28.8 Å². The number of benzene rings is 2. The van der Waals surface area contributed by atoms with Crippen LogP contribution in [0, 0.1) is 5.82 Å². The van der Waals surface area contributed by atoms with Crippen molar-refractivity contribution in [1.82, 2.24) is 14.9 Å². The molecule has 1 fully saturated rings. The van der Waals surface area contributed by atoms with Gasteiger partial charge in [-0.2, -0.15) is 0 Å². The normalized spacial score (nSPS) is 17.6. The molecule has 1 amide bonds. The highest BCUT2D eigenvalue weighted by atomic mass is 19.1. The Morgan fingerprint density at radius 3 is 2.81 bits per heavy atom. The summed E-state index contributed by atoms with van der Waals surface area (Å²) in [6.07, 6.45) is 2.15. The Morgan fingerprint density at radius 2 is 2.11 bits per heavy atom. The first-order chi connectivity index (χ1) is 13.0. The zero-order valence-electron chi connectivity index (χ0n) is 14.8. The van der Waals surface area contributed by atoms with E-state index in [1.165, 1.54) is 6.07 Å². The molecule has 7 heteroatoms. The summed E-state index contributed by atoms with van der Waals surface area (Å²) in [4.78, 5) is 21.3. The number of likely N-dealkylation sites (tertiary alicyclic amines) is 1. The number of carbonyl (C=O) groups excluding carboxylic acids is 1. The van der Waals surface area contributed by atoms with Crippen molar-refractivity contribution >= 4 is 16.9 Å². The number of primary amides is 1. The van der Waals surface area contributed by atoms with Crippen LogP contribution < -0.4 is 5.73 Å². The molecule has 0 spiro atoms. The highest BCUT2D eigenvalue weighted by molar-refractivity contribution is 6.04. The smallest absolute Gasteiger partial charge is 0.251 e. The number of aromatic nitrogens is 2. The van der Waals surface area contributed by atoms with E-state index >= 15 is 0 Å². The maximum Gasteiger partial charge on any atom is 0.251 e. The molecule has 140 valence electrons. The number of nitrogens with zero attached hydrogens (tertiary/aromatic N) is 2. The third-order valence-electron chi connectivity index (χ3n) is 5.14. The molecule has 1 saturated heterocycles. The number of nitrogens with two attached hydrogens (primary N) is 1. The number of rotatable bonds is 5. The Hall–Kier alpha value is -2.77. The van der Waals surface area contributed by atoms with Crippen LogP contribution in [0.2, 0.25) is 0 Å². The number of H-pyrrole nitrogens is 1. The first-order valence-corrected chi connectivity index (χ1v) is 8.98. The zero-order valence-corrected chi connectivity index (χ0v) is 14.8. The van der Waals surface area contributed by atoms with Crippen LogP contribution in [0.25, 0.3) is 22.4 Å². The third-order valence-corrected chi connectivity index (χ3v) is 5.14. The standard InChI is InChI=1S/C20H21FN4O2/c21-14-8-16(19(22)27)18-17(9-14)23-20(24-18)13-5-3-12(4-6-13)10-25-7-1-2-15(25)11-26/h3-6,8-9,15,26H,1-2,7,10-11H2,(H2,22,27)(H,23,24). The Labute approximate surface area is 155 Å². The molecule has 4 N–H and O–H groups in total. The fraction of sp³-hybridized carbons (Fsp3) is 0.300. The fourth-order valence-corrected chi connectivity index (χ4v) is 3.72. The molecule has 4 rings (SSSR count). The Kier molecular flexibility index (Phi) is 4.63. The number of amides is 1. The lowest BCUT2D eigenvalue weighted by atomic mass is 10.1. The number of hydrogen-bond acceptors (Lipinski definition) is 4. The molecule has 1 aromatic heterocycles. The van der Waals surface area contributed by atoms with Crippen LogP contribution >= 0.6 is 0 Å². The Morgan fingerprint density at radius 1 is 1.33 bits per heavy atom. The summed E-state index contributed by atoms with van der Waals surface area (Å²) >= 11 is 0. The molecule has 27 heavy (non-hydrogen) atoms. The predicted octanol–water partition coefficient (Wildman–Crippen LogP) is 2.42. The number of carbonyl (C=O) groups is 1. The molecular formula is C20H21FN4O2. The first-order valence-electron chi connectivity index (χ1n) is 8.98. The lowest BCUT2D eigenvalue weighted by molar-refractivity contribution is 0.100. The summed E-state index contributed by atoms with van der Waals surface area (Å²) in [6, 6.07) is 10.6. The Balaban J connectivity index is 1.60. The lowest BCUT2D eigenvalue weighted by Crippen LogP contribution is -2.31. The second-order valence-corrected chi connectivity index (χ2v) is 6.95. The maximum atomic E-state index is 13.7. The van der Waals surface area contributed by atoms with Gasteiger partial charge in [-0.3, -0.25) is 9.69 Å². The van der Waals surface area contributed by atoms with Gasteiger partial charge >= 0.3 is 0 Å². The van der Waals surface area contributed by atoms with Crippen LogP contribution in [0.15, 0.2) is 36.4 Å². The molecule has 0 bridgehead atoms. The van der Waals surface area contributed by atoms with Crippen LogP contribution in [0.5, 0.6) is 0 Å². The van der Waals surface area contributed by atoms with Crippen molar-refractivity contribution in [2.45, 2.75) is 25.4 Å². The van der Waals surface area contributed by atoms with Gasteiger partial charge in [-0.1, -0.05) is 24.3 Å². The molecule has 3 aromatic rings. The highest BCUT2D eigenvalue weighted by Gasteiger charge is 2.23. The van der Waals surface area contributed by atoms with Crippen molar-refractivity contribution in [1.29, 1.82) is 0 Å². The molecule has 1 aliphatic rings. The first kappa shape index (κ1) is 17.6. The van der Waals surface area contributed by atoms with E-state index in [-0.39, 0.29) is 18.2 Å². The van der Waals surface area contributed by atoms with Gasteiger partial charge in [0.1, 0.15) is 17.2 Å². The van der Waals surface area contributed by atoms with Gasteiger partial charge < -0.3 is 15.8 Å². The SMILES string of the molecule is NC(=O)c1cc(F)cc2[nH]c(-c3ccc(CN4CCCC4CO)cc3)nc12. The van der Waals surface area contributed by atoms with Crippen molar-refractivity contribution in [3.63, 3.8) is 0 Å². The van der Waals surface area contributed by atoms with Gasteiger partial charge in [0.15, 0.2) is 0 Å². The lowest BCUT2D eigenvalue weighted by Gasteiger charge is -2.22. The number of aliphatic hydroxyl groups excluding tert-OH is 1. The van der Waals surface area contributed by atoms with Gasteiger partial charge in [0.2, 0.25) is 0 Å². The summed E-state index contributed by atoms with van der Waals surface area (Å²) in [5.41, 5.74) is 8.19. The molecule has 0 radical (unpaired) electrons. The zero-order chi connectivity index (χ0) is 19.0. The fourth-order valence-electron chi connectivity index (χ4n) is 3.72. The van der Waals surface area contributed by atoms with E-state index < -0.39 is 11.7 Å². The van der Waals surface area contributed by atoms with Crippen molar-refractivity contribution < 1.29 is 14.3 Å². The maximum absolute atomic E-state index is 13.7. The minimum absolute atomic E-state index is 0.0631. The number of fused-ring (bicyclic) bond motifs is 1. The number of imidazole rings is 1. The van der Waals surface area contributed by atoms with Gasteiger partial charge in [0.25, 0.3) is 5.91 Å². The molecule has 2 heterocycles. The molecule has 1 atom stereocenters. The van der Waals surface area contributed by atoms with Crippen molar-refractivity contribution in [3.05, 3.63) is 53.3 Å². The number of aromatic amines is 1. The van der Waals surface area contributed by atoms with E-state index in [9.17, 15) is 14.3 Å². The largest absolute Gasteiger partial charge is 0.395 e. The number of halogens is 1. The minimum atomic E-state index is -0.711. The molecule has 6 nitrogen and oxygen atoms in total. The minimum Gasteiger partial charge on any atom is -0.395 e. The van der Waals surface area contributed by atoms with E-state index in [2.05, 4.69) is 14.9 Å². The van der Waals surface area contributed by atoms with Crippen molar-refractivity contribution in [2.75, 3.05) is 13.2 Å². The van der Waals surface area contributed by atoms with E-state index in [0.29, 0.717) is 16.9 Å². The molecule has 1 unspecified atom stereocenters. The summed E-state index contributed by atoms with van der Waals surface area (Å²) < 4.78 is 13.7. The van der Waals surface area contributed by atoms with Gasteiger partial charge in [-0.15, -0.1) is 0 Å². The molecular weight excluding hydrogens is 347 g/mol. The Bertz CT molecular complexity index is 984. The monoisotopic (exact) mass is 368 g/mol.